The molecule has 2 aliphatic rings. The predicted octanol–water partition coefficient (Wildman–Crippen LogP) is 3.53. The fourth-order valence-electron chi connectivity index (χ4n) is 6.41. The van der Waals surface area contributed by atoms with Crippen LogP contribution in [0.1, 0.15) is 17.5 Å². The first-order valence-electron chi connectivity index (χ1n) is 14.3. The number of hydrogen-bond acceptors (Lipinski definition) is 10. The molecule has 0 saturated carbocycles. The van der Waals surface area contributed by atoms with E-state index >= 15 is 4.79 Å². The number of hydrogen-bond donors (Lipinski definition) is 0. The van der Waals surface area contributed by atoms with Gasteiger partial charge >= 0.3 is 0 Å². The van der Waals surface area contributed by atoms with E-state index in [1.54, 1.807) is 43.3 Å². The van der Waals surface area contributed by atoms with Crippen molar-refractivity contribution in [2.75, 3.05) is 60.5 Å². The summed E-state index contributed by atoms with van der Waals surface area (Å²) in [6, 6.07) is 12.8. The van der Waals surface area contributed by atoms with Gasteiger partial charge in [0.05, 0.1) is 46.3 Å². The van der Waals surface area contributed by atoms with Crippen LogP contribution in [0.4, 0.5) is 5.69 Å². The quantitative estimate of drug-likeness (QED) is 0.316. The van der Waals surface area contributed by atoms with Crippen LogP contribution in [0.25, 0.3) is 0 Å². The second kappa shape index (κ2) is 12.6. The predicted molar refractivity (Wildman–Crippen MR) is 171 cm³/mol. The summed E-state index contributed by atoms with van der Waals surface area (Å²) in [6.07, 6.45) is -0.228. The molecule has 0 aromatic heterocycles. The highest BCUT2D eigenvalue weighted by Gasteiger charge is 2.64. The van der Waals surface area contributed by atoms with Crippen molar-refractivity contribution in [1.82, 2.24) is 9.80 Å². The van der Waals surface area contributed by atoms with Crippen LogP contribution >= 0.6 is 11.6 Å². The minimum Gasteiger partial charge on any atom is -0.497 e. The molecule has 0 spiro atoms. The average Bonchev–Trinajstić information content (AvgIpc) is 3.60. The first-order valence-corrected chi connectivity index (χ1v) is 16.1. The lowest BCUT2D eigenvalue weighted by Gasteiger charge is -2.42. The molecule has 14 heteroatoms. The number of anilines is 1. The number of para-hydroxylation sites is 1. The highest BCUT2D eigenvalue weighted by Crippen LogP contribution is 2.56. The zero-order valence-electron chi connectivity index (χ0n) is 26.6. The molecule has 5 rings (SSSR count). The van der Waals surface area contributed by atoms with Gasteiger partial charge in [0.25, 0.3) is 15.9 Å². The Kier molecular flexibility index (Phi) is 9.15. The van der Waals surface area contributed by atoms with Gasteiger partial charge in [-0.25, -0.2) is 12.7 Å². The Bertz CT molecular complexity index is 1780. The number of likely N-dealkylation sites (tertiary alicyclic amines) is 1. The number of rotatable bonds is 10. The van der Waals surface area contributed by atoms with E-state index in [0.29, 0.717) is 11.5 Å². The maximum Gasteiger partial charge on any atom is 0.274 e. The number of halogens is 1. The molecular weight excluding hydrogens is 638 g/mol. The second-order valence-electron chi connectivity index (χ2n) is 11.0. The second-order valence-corrected chi connectivity index (χ2v) is 13.2. The van der Waals surface area contributed by atoms with Gasteiger partial charge < -0.3 is 28.6 Å². The Morgan fingerprint density at radius 3 is 2.24 bits per heavy atom. The molecule has 46 heavy (non-hydrogen) atoms. The van der Waals surface area contributed by atoms with Crippen LogP contribution in [0.3, 0.4) is 0 Å². The van der Waals surface area contributed by atoms with Gasteiger partial charge in [0.15, 0.2) is 17.0 Å². The SMILES string of the molecule is COc1ccc(S(=O)(=O)N2C(=O)[C@@](c3cccc(OC)c3OC)(N3C[C@H](OC)C[C@H]3C(=O)N(C)C)c3cc(Cl)ccc32)c(OC)c1. The molecule has 246 valence electrons. The third kappa shape index (κ3) is 5.02. The van der Waals surface area contributed by atoms with E-state index in [9.17, 15) is 13.2 Å². The number of fused-ring (bicyclic) bond motifs is 1. The lowest BCUT2D eigenvalue weighted by atomic mass is 9.80. The molecule has 0 radical (unpaired) electrons. The van der Waals surface area contributed by atoms with Crippen LogP contribution in [0.5, 0.6) is 23.0 Å². The maximum absolute atomic E-state index is 15.5. The Morgan fingerprint density at radius 2 is 1.63 bits per heavy atom. The van der Waals surface area contributed by atoms with Crippen LogP contribution in [0, 0.1) is 0 Å². The topological polar surface area (TPSA) is 124 Å². The molecule has 2 heterocycles. The minimum absolute atomic E-state index is 0.0274. The number of sulfonamides is 1. The summed E-state index contributed by atoms with van der Waals surface area (Å²) in [4.78, 5) is 32.1. The molecular formula is C32H36ClN3O9S. The molecule has 0 unspecified atom stereocenters. The molecule has 1 fully saturated rings. The van der Waals surface area contributed by atoms with Crippen molar-refractivity contribution in [2.45, 2.75) is 29.0 Å². The van der Waals surface area contributed by atoms with Gasteiger partial charge in [0.1, 0.15) is 16.4 Å². The van der Waals surface area contributed by atoms with Crippen molar-refractivity contribution < 1.29 is 41.7 Å². The van der Waals surface area contributed by atoms with Crippen LogP contribution in [0.15, 0.2) is 59.5 Å². The standard InChI is InChI=1S/C32H36ClN3O9S/c1-34(2)30(37)25-16-21(42-4)18-35(25)32(22-9-8-10-26(43-5)29(22)45-7)23-15-19(33)11-13-24(23)36(31(32)38)46(39,40)28-14-12-20(41-3)17-27(28)44-6/h8-15,17,21,25H,16,18H2,1-7H3/t21-,25+,32+/m1/s1. The van der Waals surface area contributed by atoms with Gasteiger partial charge in [-0.05, 0) is 42.8 Å². The summed E-state index contributed by atoms with van der Waals surface area (Å²) in [5.74, 6) is -0.355. The molecule has 2 aliphatic heterocycles. The number of amides is 2. The van der Waals surface area contributed by atoms with E-state index < -0.39 is 33.6 Å². The number of benzene rings is 3. The molecule has 0 bridgehead atoms. The first-order chi connectivity index (χ1) is 21.9. The summed E-state index contributed by atoms with van der Waals surface area (Å²) in [5, 5.41) is 0.247. The highest BCUT2D eigenvalue weighted by atomic mass is 35.5. The van der Waals surface area contributed by atoms with Gasteiger partial charge in [-0.15, -0.1) is 0 Å². The van der Waals surface area contributed by atoms with Crippen LogP contribution in [-0.4, -0.2) is 98.4 Å². The molecule has 12 nitrogen and oxygen atoms in total. The third-order valence-electron chi connectivity index (χ3n) is 8.50. The van der Waals surface area contributed by atoms with Crippen LogP contribution in [-0.2, 0) is 29.9 Å². The zero-order chi connectivity index (χ0) is 33.6. The van der Waals surface area contributed by atoms with Crippen molar-refractivity contribution >= 4 is 39.1 Å². The van der Waals surface area contributed by atoms with Crippen LogP contribution < -0.4 is 23.3 Å². The van der Waals surface area contributed by atoms with Crippen molar-refractivity contribution in [3.8, 4) is 23.0 Å². The molecule has 2 amide bonds. The Hall–Kier alpha value is -4.04. The van der Waals surface area contributed by atoms with Crippen molar-refractivity contribution in [3.05, 3.63) is 70.7 Å². The number of methoxy groups -OCH3 is 5. The molecule has 1 saturated heterocycles. The summed E-state index contributed by atoms with van der Waals surface area (Å²) in [5.41, 5.74) is -1.40. The van der Waals surface area contributed by atoms with Crippen molar-refractivity contribution in [3.63, 3.8) is 0 Å². The lowest BCUT2D eigenvalue weighted by Crippen LogP contribution is -2.59. The van der Waals surface area contributed by atoms with Gasteiger partial charge in [-0.2, -0.15) is 0 Å². The number of carbonyl (C=O) groups excluding carboxylic acids is 2. The van der Waals surface area contributed by atoms with E-state index in [1.807, 2.05) is 0 Å². The number of ether oxygens (including phenoxy) is 5. The van der Waals surface area contributed by atoms with E-state index in [0.717, 1.165) is 4.31 Å². The lowest BCUT2D eigenvalue weighted by molar-refractivity contribution is -0.138. The number of likely N-dealkylation sites (N-methyl/N-ethyl adjacent to an activating group) is 1. The van der Waals surface area contributed by atoms with E-state index in [2.05, 4.69) is 0 Å². The smallest absolute Gasteiger partial charge is 0.274 e. The van der Waals surface area contributed by atoms with Gasteiger partial charge in [-0.1, -0.05) is 23.7 Å². The van der Waals surface area contributed by atoms with Crippen molar-refractivity contribution in [1.29, 1.82) is 0 Å². The monoisotopic (exact) mass is 673 g/mol. The Balaban J connectivity index is 1.90. The Morgan fingerprint density at radius 1 is 0.913 bits per heavy atom. The summed E-state index contributed by atoms with van der Waals surface area (Å²) in [6.45, 7) is 0.0958. The maximum atomic E-state index is 15.5. The number of carbonyl (C=O) groups is 2. The van der Waals surface area contributed by atoms with Crippen molar-refractivity contribution in [2.24, 2.45) is 0 Å². The third-order valence-corrected chi connectivity index (χ3v) is 10.5. The normalized spacial score (nSPS) is 21.2. The van der Waals surface area contributed by atoms with E-state index in [4.69, 9.17) is 35.3 Å². The van der Waals surface area contributed by atoms with Gasteiger partial charge in [0.2, 0.25) is 5.91 Å². The van der Waals surface area contributed by atoms with E-state index in [1.165, 1.54) is 70.8 Å². The first kappa shape index (κ1) is 33.3. The van der Waals surface area contributed by atoms with Gasteiger partial charge in [-0.3, -0.25) is 14.5 Å². The number of nitrogens with zero attached hydrogens (tertiary/aromatic N) is 3. The largest absolute Gasteiger partial charge is 0.497 e. The minimum atomic E-state index is -4.66. The molecule has 3 aromatic rings. The van der Waals surface area contributed by atoms with Gasteiger partial charge in [0, 0.05) is 50.0 Å². The van der Waals surface area contributed by atoms with Crippen LogP contribution in [0.2, 0.25) is 5.02 Å². The summed E-state index contributed by atoms with van der Waals surface area (Å²) in [7, 11) is 5.75. The summed E-state index contributed by atoms with van der Waals surface area (Å²) < 4.78 is 58.1. The summed E-state index contributed by atoms with van der Waals surface area (Å²) >= 11 is 6.60. The fraction of sp³-hybridized carbons (Fsp3) is 0.375. The molecule has 3 atom stereocenters. The molecule has 0 aliphatic carbocycles. The zero-order valence-corrected chi connectivity index (χ0v) is 28.1. The highest BCUT2D eigenvalue weighted by molar-refractivity contribution is 7.93. The Labute approximate surface area is 273 Å². The fourth-order valence-corrected chi connectivity index (χ4v) is 8.18. The molecule has 0 N–H and O–H groups in total. The molecule has 3 aromatic carbocycles. The average molecular weight is 674 g/mol. The van der Waals surface area contributed by atoms with E-state index in [-0.39, 0.29) is 57.1 Å².